The lowest BCUT2D eigenvalue weighted by molar-refractivity contribution is 0.0517. The molecule has 3 rings (SSSR count). The zero-order chi connectivity index (χ0) is 16.1. The first kappa shape index (κ1) is 16.1. The molecule has 23 heavy (non-hydrogen) atoms. The van der Waals surface area contributed by atoms with Gasteiger partial charge >= 0.3 is 0 Å². The Kier molecular flexibility index (Phi) is 5.41. The van der Waals surface area contributed by atoms with Gasteiger partial charge in [-0.25, -0.2) is 4.98 Å². The number of hydrogen-bond acceptors (Lipinski definition) is 4. The van der Waals surface area contributed by atoms with Crippen LogP contribution in [0.15, 0.2) is 30.9 Å². The summed E-state index contributed by atoms with van der Waals surface area (Å²) in [4.78, 5) is 8.89. The highest BCUT2D eigenvalue weighted by molar-refractivity contribution is 5.21. The van der Waals surface area contributed by atoms with Crippen LogP contribution in [0.4, 0.5) is 0 Å². The molecule has 5 nitrogen and oxygen atoms in total. The fraction of sp³-hybridized carbons (Fsp3) is 0.556. The highest BCUT2D eigenvalue weighted by Crippen LogP contribution is 2.29. The van der Waals surface area contributed by atoms with Crippen molar-refractivity contribution < 1.29 is 4.74 Å². The van der Waals surface area contributed by atoms with Gasteiger partial charge in [0.05, 0.1) is 6.04 Å². The normalized spacial score (nSPS) is 17.3. The summed E-state index contributed by atoms with van der Waals surface area (Å²) in [5.41, 5.74) is 2.52. The van der Waals surface area contributed by atoms with Crippen molar-refractivity contribution >= 4 is 0 Å². The van der Waals surface area contributed by atoms with Crippen molar-refractivity contribution in [2.45, 2.75) is 45.8 Å². The topological polar surface area (TPSA) is 52.0 Å². The maximum atomic E-state index is 5.54. The standard InChI is InChI=1S/C18H26N4O/c1-3-22-9-8-20-18(22)17(15-5-10-23-11-6-15)21-13-16-12-19-7-4-14(16)2/h4,7-9,12,15,17,21H,3,5-6,10-11,13H2,1-2H3/t17-/m0/s1. The molecule has 0 amide bonds. The van der Waals surface area contributed by atoms with Crippen molar-refractivity contribution in [2.24, 2.45) is 5.92 Å². The van der Waals surface area contributed by atoms with Gasteiger partial charge in [-0.15, -0.1) is 0 Å². The van der Waals surface area contributed by atoms with Crippen molar-refractivity contribution in [2.75, 3.05) is 13.2 Å². The Bertz CT molecular complexity index is 619. The van der Waals surface area contributed by atoms with E-state index in [1.807, 2.05) is 18.6 Å². The van der Waals surface area contributed by atoms with Gasteiger partial charge in [-0.05, 0) is 49.8 Å². The molecule has 3 heterocycles. The molecule has 1 aliphatic heterocycles. The summed E-state index contributed by atoms with van der Waals surface area (Å²) in [7, 11) is 0. The molecule has 1 atom stereocenters. The Morgan fingerprint density at radius 2 is 2.17 bits per heavy atom. The van der Waals surface area contributed by atoms with E-state index >= 15 is 0 Å². The minimum absolute atomic E-state index is 0.258. The zero-order valence-corrected chi connectivity index (χ0v) is 14.0. The Balaban J connectivity index is 1.79. The molecule has 0 bridgehead atoms. The van der Waals surface area contributed by atoms with Crippen LogP contribution in [0.3, 0.4) is 0 Å². The molecule has 1 aliphatic rings. The first-order chi connectivity index (χ1) is 11.3. The summed E-state index contributed by atoms with van der Waals surface area (Å²) >= 11 is 0. The summed E-state index contributed by atoms with van der Waals surface area (Å²) in [5.74, 6) is 1.70. The summed E-state index contributed by atoms with van der Waals surface area (Å²) in [5, 5.41) is 3.74. The SMILES string of the molecule is CCn1ccnc1[C@@H](NCc1cnccc1C)C1CCOCC1. The number of hydrogen-bond donors (Lipinski definition) is 1. The average Bonchev–Trinajstić information content (AvgIpc) is 3.06. The van der Waals surface area contributed by atoms with E-state index in [1.165, 1.54) is 11.1 Å². The van der Waals surface area contributed by atoms with E-state index < -0.39 is 0 Å². The number of ether oxygens (including phenoxy) is 1. The molecule has 5 heteroatoms. The molecule has 2 aromatic rings. The van der Waals surface area contributed by atoms with E-state index in [0.717, 1.165) is 45.0 Å². The molecule has 1 fully saturated rings. The van der Waals surface area contributed by atoms with Gasteiger partial charge in [0.25, 0.3) is 0 Å². The van der Waals surface area contributed by atoms with Gasteiger partial charge in [0.15, 0.2) is 0 Å². The highest BCUT2D eigenvalue weighted by atomic mass is 16.5. The van der Waals surface area contributed by atoms with Crippen LogP contribution in [0.2, 0.25) is 0 Å². The third-order valence-electron chi connectivity index (χ3n) is 4.76. The maximum Gasteiger partial charge on any atom is 0.126 e. The lowest BCUT2D eigenvalue weighted by atomic mass is 9.90. The van der Waals surface area contributed by atoms with Crippen LogP contribution < -0.4 is 5.32 Å². The van der Waals surface area contributed by atoms with Crippen molar-refractivity contribution in [3.8, 4) is 0 Å². The number of nitrogens with zero attached hydrogens (tertiary/aromatic N) is 3. The van der Waals surface area contributed by atoms with Gasteiger partial charge in [0.2, 0.25) is 0 Å². The first-order valence-electron chi connectivity index (χ1n) is 8.51. The lowest BCUT2D eigenvalue weighted by Crippen LogP contribution is -2.34. The highest BCUT2D eigenvalue weighted by Gasteiger charge is 2.28. The van der Waals surface area contributed by atoms with Gasteiger partial charge in [-0.3, -0.25) is 4.98 Å². The van der Waals surface area contributed by atoms with Crippen LogP contribution in [-0.4, -0.2) is 27.7 Å². The predicted molar refractivity (Wildman–Crippen MR) is 90.0 cm³/mol. The molecule has 0 saturated carbocycles. The third kappa shape index (κ3) is 3.79. The lowest BCUT2D eigenvalue weighted by Gasteiger charge is -2.31. The van der Waals surface area contributed by atoms with Crippen LogP contribution in [0.25, 0.3) is 0 Å². The van der Waals surface area contributed by atoms with Crippen molar-refractivity contribution in [3.63, 3.8) is 0 Å². The average molecular weight is 314 g/mol. The van der Waals surface area contributed by atoms with E-state index in [-0.39, 0.29) is 6.04 Å². The van der Waals surface area contributed by atoms with Crippen LogP contribution in [-0.2, 0) is 17.8 Å². The van der Waals surface area contributed by atoms with Crippen molar-refractivity contribution in [1.82, 2.24) is 19.9 Å². The maximum absolute atomic E-state index is 5.54. The van der Waals surface area contributed by atoms with E-state index in [0.29, 0.717) is 5.92 Å². The summed E-state index contributed by atoms with van der Waals surface area (Å²) in [6, 6.07) is 2.32. The van der Waals surface area contributed by atoms with E-state index in [2.05, 4.69) is 46.0 Å². The monoisotopic (exact) mass is 314 g/mol. The van der Waals surface area contributed by atoms with Crippen LogP contribution in [0.1, 0.15) is 42.8 Å². The van der Waals surface area contributed by atoms with Gasteiger partial charge in [0, 0.05) is 51.1 Å². The number of pyridine rings is 1. The first-order valence-corrected chi connectivity index (χ1v) is 8.51. The molecule has 2 aromatic heterocycles. The molecule has 0 radical (unpaired) electrons. The fourth-order valence-electron chi connectivity index (χ4n) is 3.29. The molecule has 1 N–H and O–H groups in total. The van der Waals surface area contributed by atoms with Crippen molar-refractivity contribution in [1.29, 1.82) is 0 Å². The largest absolute Gasteiger partial charge is 0.381 e. The van der Waals surface area contributed by atoms with Crippen LogP contribution in [0.5, 0.6) is 0 Å². The Hall–Kier alpha value is -1.72. The van der Waals surface area contributed by atoms with Gasteiger partial charge in [-0.1, -0.05) is 0 Å². The second-order valence-corrected chi connectivity index (χ2v) is 6.18. The Morgan fingerprint density at radius 3 is 2.91 bits per heavy atom. The minimum atomic E-state index is 0.258. The summed E-state index contributed by atoms with van der Waals surface area (Å²) < 4.78 is 7.78. The second-order valence-electron chi connectivity index (χ2n) is 6.18. The quantitative estimate of drug-likeness (QED) is 0.891. The molecular weight excluding hydrogens is 288 g/mol. The van der Waals surface area contributed by atoms with Gasteiger partial charge < -0.3 is 14.6 Å². The second kappa shape index (κ2) is 7.70. The van der Waals surface area contributed by atoms with Gasteiger partial charge in [-0.2, -0.15) is 0 Å². The fourth-order valence-corrected chi connectivity index (χ4v) is 3.29. The Labute approximate surface area is 138 Å². The van der Waals surface area contributed by atoms with Crippen molar-refractivity contribution in [3.05, 3.63) is 47.8 Å². The number of imidazole rings is 1. The predicted octanol–water partition coefficient (Wildman–Crippen LogP) is 2.86. The number of aryl methyl sites for hydroxylation is 2. The molecule has 124 valence electrons. The van der Waals surface area contributed by atoms with Gasteiger partial charge in [0.1, 0.15) is 5.82 Å². The number of rotatable bonds is 6. The molecule has 1 saturated heterocycles. The minimum Gasteiger partial charge on any atom is -0.381 e. The third-order valence-corrected chi connectivity index (χ3v) is 4.76. The molecule has 0 aromatic carbocycles. The molecule has 0 aliphatic carbocycles. The molecular formula is C18H26N4O. The number of nitrogens with one attached hydrogen (secondary N) is 1. The van der Waals surface area contributed by atoms with E-state index in [4.69, 9.17) is 4.74 Å². The Morgan fingerprint density at radius 1 is 1.35 bits per heavy atom. The van der Waals surface area contributed by atoms with Crippen LogP contribution >= 0.6 is 0 Å². The molecule has 0 unspecified atom stereocenters. The smallest absolute Gasteiger partial charge is 0.126 e. The summed E-state index contributed by atoms with van der Waals surface area (Å²) in [6.45, 7) is 7.76. The van der Waals surface area contributed by atoms with E-state index in [1.54, 1.807) is 0 Å². The van der Waals surface area contributed by atoms with Crippen LogP contribution in [0, 0.1) is 12.8 Å². The van der Waals surface area contributed by atoms with E-state index in [9.17, 15) is 0 Å². The summed E-state index contributed by atoms with van der Waals surface area (Å²) in [6.07, 6.45) is 9.94. The zero-order valence-electron chi connectivity index (χ0n) is 14.0. The molecule has 0 spiro atoms. The number of aromatic nitrogens is 3.